The van der Waals surface area contributed by atoms with Gasteiger partial charge in [-0.15, -0.1) is 0 Å². The molecule has 3 amide bonds. The Morgan fingerprint density at radius 3 is 2.29 bits per heavy atom. The normalized spacial score (nSPS) is 17.2. The first-order valence-electron chi connectivity index (χ1n) is 16.9. The van der Waals surface area contributed by atoms with Crippen LogP contribution in [0, 0.1) is 0 Å². The molecule has 55 heavy (non-hydrogen) atoms. The fourth-order valence-electron chi connectivity index (χ4n) is 6.10. The summed E-state index contributed by atoms with van der Waals surface area (Å²) in [5, 5.41) is 12.6. The van der Waals surface area contributed by atoms with E-state index in [0.29, 0.717) is 42.2 Å². The number of imide groups is 1. The summed E-state index contributed by atoms with van der Waals surface area (Å²) >= 11 is 0. The number of hydrogen-bond acceptors (Lipinski definition) is 9. The molecule has 1 saturated heterocycles. The van der Waals surface area contributed by atoms with Crippen molar-refractivity contribution in [2.45, 2.75) is 56.8 Å². The zero-order valence-corrected chi connectivity index (χ0v) is 29.2. The summed E-state index contributed by atoms with van der Waals surface area (Å²) in [6.07, 6.45) is -10.5. The Hall–Kier alpha value is -5.84. The Bertz CT molecular complexity index is 2100. The van der Waals surface area contributed by atoms with E-state index in [4.69, 9.17) is 18.9 Å². The summed E-state index contributed by atoms with van der Waals surface area (Å²) in [5.74, 6) is -0.976. The molecule has 290 valence electrons. The monoisotopic (exact) mass is 773 g/mol. The van der Waals surface area contributed by atoms with Crippen LogP contribution in [0.5, 0.6) is 28.7 Å². The number of carbonyl (C=O) groups is 3. The number of benzene rings is 3. The van der Waals surface area contributed by atoms with Gasteiger partial charge in [-0.3, -0.25) is 19.5 Å². The number of Topliss-reactive ketones (excluding diaryl/α,β-unsaturated/α-hetero) is 1. The Kier molecular flexibility index (Phi) is 10.4. The number of nitrogens with zero attached hydrogens (tertiary/aromatic N) is 2. The van der Waals surface area contributed by atoms with Crippen LogP contribution in [-0.4, -0.2) is 64.8 Å². The van der Waals surface area contributed by atoms with Crippen LogP contribution in [0.25, 0.3) is 0 Å². The Morgan fingerprint density at radius 1 is 0.927 bits per heavy atom. The van der Waals surface area contributed by atoms with Crippen LogP contribution in [0.15, 0.2) is 79.0 Å². The molecular weight excluding hydrogens is 740 g/mol. The number of rotatable bonds is 12. The number of aliphatic hydroxyl groups is 1. The third-order valence-corrected chi connectivity index (χ3v) is 9.06. The predicted molar refractivity (Wildman–Crippen MR) is 181 cm³/mol. The van der Waals surface area contributed by atoms with Gasteiger partial charge >= 0.3 is 18.4 Å². The first kappa shape index (κ1) is 38.9. The fourth-order valence-corrected chi connectivity index (χ4v) is 6.10. The zero-order chi connectivity index (χ0) is 39.8. The molecule has 11 nitrogen and oxygen atoms in total. The highest BCUT2D eigenvalue weighted by molar-refractivity contribution is 6.11. The number of ketones is 1. The number of hydrogen-bond donors (Lipinski definition) is 2. The highest BCUT2D eigenvalue weighted by atomic mass is 19.4. The van der Waals surface area contributed by atoms with Gasteiger partial charge in [-0.05, 0) is 48.7 Å². The number of aryl methyl sites for hydroxylation is 1. The van der Waals surface area contributed by atoms with Gasteiger partial charge in [-0.1, -0.05) is 49.7 Å². The minimum Gasteiger partial charge on any atom is -0.488 e. The van der Waals surface area contributed by atoms with Gasteiger partial charge < -0.3 is 29.4 Å². The van der Waals surface area contributed by atoms with Crippen molar-refractivity contribution in [3.8, 4) is 28.7 Å². The highest BCUT2D eigenvalue weighted by Crippen LogP contribution is 2.51. The quantitative estimate of drug-likeness (QED) is 0.0875. The van der Waals surface area contributed by atoms with E-state index in [0.717, 1.165) is 11.0 Å². The fraction of sp³-hybridized carbons (Fsp3) is 0.316. The molecule has 4 aromatic rings. The largest absolute Gasteiger partial charge is 0.488 e. The van der Waals surface area contributed by atoms with Gasteiger partial charge in [0.25, 0.3) is 11.5 Å². The zero-order valence-electron chi connectivity index (χ0n) is 29.2. The van der Waals surface area contributed by atoms with E-state index in [-0.39, 0.29) is 53.7 Å². The average Bonchev–Trinajstić information content (AvgIpc) is 3.37. The second-order valence-electron chi connectivity index (χ2n) is 12.9. The van der Waals surface area contributed by atoms with Crippen LogP contribution in [-0.2, 0) is 29.0 Å². The van der Waals surface area contributed by atoms with Crippen molar-refractivity contribution in [3.05, 3.63) is 107 Å². The number of carbonyl (C=O) groups excluding carboxylic acids is 3. The Labute approximate surface area is 309 Å². The van der Waals surface area contributed by atoms with Crippen LogP contribution < -0.4 is 24.3 Å². The van der Waals surface area contributed by atoms with Crippen molar-refractivity contribution in [1.82, 2.24) is 15.2 Å². The molecular formula is C38H33F6N3O8. The van der Waals surface area contributed by atoms with E-state index in [1.54, 1.807) is 37.3 Å². The summed E-state index contributed by atoms with van der Waals surface area (Å²) in [6, 6.07) is 15.3. The lowest BCUT2D eigenvalue weighted by Gasteiger charge is -2.33. The molecule has 0 bridgehead atoms. The molecule has 1 atom stereocenters. The third kappa shape index (κ3) is 7.48. The van der Waals surface area contributed by atoms with Crippen LogP contribution >= 0.6 is 0 Å². The first-order valence-corrected chi connectivity index (χ1v) is 16.9. The molecule has 0 aliphatic carbocycles. The van der Waals surface area contributed by atoms with E-state index in [1.165, 1.54) is 37.4 Å². The SMILES string of the molecule is CCCc1cc(C(O)(C(F)(F)F)C(F)(F)F)ccc1Oc1ccc(C(=O)CN2C(=O)NC(C)(c3cc4c(cn3)OCCO4)C2=O)c(OCc2ccccc2)c1. The first-order chi connectivity index (χ1) is 26.0. The van der Waals surface area contributed by atoms with Crippen LogP contribution in [0.2, 0.25) is 0 Å². The molecule has 0 radical (unpaired) electrons. The van der Waals surface area contributed by atoms with Crippen molar-refractivity contribution in [3.63, 3.8) is 0 Å². The maximum absolute atomic E-state index is 13.8. The number of amides is 3. The van der Waals surface area contributed by atoms with Gasteiger partial charge in [0.2, 0.25) is 0 Å². The van der Waals surface area contributed by atoms with E-state index in [9.17, 15) is 45.8 Å². The minimum atomic E-state index is -6.08. The van der Waals surface area contributed by atoms with Crippen molar-refractivity contribution >= 4 is 17.7 Å². The molecule has 1 aromatic heterocycles. The van der Waals surface area contributed by atoms with E-state index >= 15 is 0 Å². The van der Waals surface area contributed by atoms with Gasteiger partial charge in [0.15, 0.2) is 22.8 Å². The van der Waals surface area contributed by atoms with E-state index < -0.39 is 53.3 Å². The molecule has 17 heteroatoms. The van der Waals surface area contributed by atoms with E-state index in [2.05, 4.69) is 10.3 Å². The topological polar surface area (TPSA) is 137 Å². The number of urea groups is 1. The molecule has 0 spiro atoms. The molecule has 3 heterocycles. The number of ether oxygens (including phenoxy) is 4. The number of fused-ring (bicyclic) bond motifs is 1. The number of aromatic nitrogens is 1. The third-order valence-electron chi connectivity index (χ3n) is 9.06. The maximum Gasteiger partial charge on any atom is 0.430 e. The average molecular weight is 774 g/mol. The molecule has 1 fully saturated rings. The number of alkyl halides is 6. The lowest BCUT2D eigenvalue weighted by atomic mass is 9.90. The molecule has 2 N–H and O–H groups in total. The van der Waals surface area contributed by atoms with Crippen molar-refractivity contribution in [2.75, 3.05) is 19.8 Å². The van der Waals surface area contributed by atoms with E-state index in [1.807, 2.05) is 0 Å². The van der Waals surface area contributed by atoms with Crippen LogP contribution in [0.1, 0.15) is 53.0 Å². The Balaban J connectivity index is 1.29. The summed E-state index contributed by atoms with van der Waals surface area (Å²) in [6.45, 7) is 2.90. The molecule has 3 aromatic carbocycles. The summed E-state index contributed by atoms with van der Waals surface area (Å²) in [4.78, 5) is 45.6. The second-order valence-corrected chi connectivity index (χ2v) is 12.9. The molecule has 6 rings (SSSR count). The number of pyridine rings is 1. The molecule has 1 unspecified atom stereocenters. The lowest BCUT2D eigenvalue weighted by Crippen LogP contribution is -2.53. The highest BCUT2D eigenvalue weighted by Gasteiger charge is 2.71. The molecule has 0 saturated carbocycles. The smallest absolute Gasteiger partial charge is 0.430 e. The number of halogens is 6. The molecule has 2 aliphatic heterocycles. The lowest BCUT2D eigenvalue weighted by molar-refractivity contribution is -0.376. The maximum atomic E-state index is 13.8. The number of nitrogens with one attached hydrogen (secondary N) is 1. The predicted octanol–water partition coefficient (Wildman–Crippen LogP) is 7.14. The van der Waals surface area contributed by atoms with Gasteiger partial charge in [0.05, 0.1) is 24.0 Å². The standard InChI is InChI=1S/C38H33F6N3O8/c1-3-7-23-16-24(36(51,37(39,40)41)38(42,43)44)10-13-28(23)55-25-11-12-26(29(17-25)54-21-22-8-5-4-6-9-22)27(48)20-47-33(49)35(2,46-34(47)50)32-18-30-31(19-45-32)53-15-14-52-30/h4-6,8-13,16-19,51H,3,7,14-15,20-21H2,1-2H3,(H,46,50). The second kappa shape index (κ2) is 14.8. The van der Waals surface area contributed by atoms with Crippen molar-refractivity contribution in [2.24, 2.45) is 0 Å². The van der Waals surface area contributed by atoms with Gasteiger partial charge in [-0.2, -0.15) is 26.3 Å². The Morgan fingerprint density at radius 2 is 1.62 bits per heavy atom. The van der Waals surface area contributed by atoms with Gasteiger partial charge in [0, 0.05) is 17.7 Å². The van der Waals surface area contributed by atoms with Gasteiger partial charge in [0.1, 0.15) is 37.1 Å². The minimum absolute atomic E-state index is 0.0149. The van der Waals surface area contributed by atoms with Crippen LogP contribution in [0.4, 0.5) is 31.1 Å². The molecule has 2 aliphatic rings. The van der Waals surface area contributed by atoms with Crippen molar-refractivity contribution in [1.29, 1.82) is 0 Å². The van der Waals surface area contributed by atoms with Crippen LogP contribution in [0.3, 0.4) is 0 Å². The summed E-state index contributed by atoms with van der Waals surface area (Å²) in [5.41, 5.74) is -7.50. The summed E-state index contributed by atoms with van der Waals surface area (Å²) in [7, 11) is 0. The summed E-state index contributed by atoms with van der Waals surface area (Å²) < 4.78 is 105. The van der Waals surface area contributed by atoms with Crippen molar-refractivity contribution < 1.29 is 64.8 Å². The van der Waals surface area contributed by atoms with Gasteiger partial charge in [-0.25, -0.2) is 4.79 Å².